The van der Waals surface area contributed by atoms with Crippen LogP contribution in [0.1, 0.15) is 29.7 Å². The zero-order valence-electron chi connectivity index (χ0n) is 16.1. The lowest BCUT2D eigenvalue weighted by Gasteiger charge is -2.19. The predicted molar refractivity (Wildman–Crippen MR) is 114 cm³/mol. The Labute approximate surface area is 169 Å². The van der Waals surface area contributed by atoms with Crippen molar-refractivity contribution in [2.24, 2.45) is 5.73 Å². The van der Waals surface area contributed by atoms with E-state index in [0.717, 1.165) is 12.0 Å². The van der Waals surface area contributed by atoms with Gasteiger partial charge < -0.3 is 20.9 Å². The van der Waals surface area contributed by atoms with Gasteiger partial charge >= 0.3 is 5.97 Å². The Morgan fingerprint density at radius 3 is 2.34 bits per heavy atom. The van der Waals surface area contributed by atoms with E-state index < -0.39 is 12.0 Å². The largest absolute Gasteiger partial charge is 0.479 e. The Kier molecular flexibility index (Phi) is 6.14. The fourth-order valence-electron chi connectivity index (χ4n) is 2.94. The topological polar surface area (TPSA) is 108 Å². The summed E-state index contributed by atoms with van der Waals surface area (Å²) in [4.78, 5) is 12.0. The molecule has 0 aliphatic heterocycles. The van der Waals surface area contributed by atoms with Crippen LogP contribution in [0, 0.1) is 5.41 Å². The van der Waals surface area contributed by atoms with Gasteiger partial charge in [0.1, 0.15) is 17.3 Å². The summed E-state index contributed by atoms with van der Waals surface area (Å²) in [5, 5.41) is 20.3. The van der Waals surface area contributed by atoms with Crippen molar-refractivity contribution in [3.8, 4) is 11.5 Å². The third kappa shape index (κ3) is 5.13. The van der Waals surface area contributed by atoms with Gasteiger partial charge in [-0.3, -0.25) is 5.41 Å². The van der Waals surface area contributed by atoms with Gasteiger partial charge in [-0.05, 0) is 66.1 Å². The zero-order chi connectivity index (χ0) is 20.8. The van der Waals surface area contributed by atoms with E-state index in [1.54, 1.807) is 30.3 Å². The van der Waals surface area contributed by atoms with Crippen LogP contribution in [0.15, 0.2) is 72.8 Å². The summed E-state index contributed by atoms with van der Waals surface area (Å²) >= 11 is 0. The van der Waals surface area contributed by atoms with Crippen molar-refractivity contribution < 1.29 is 14.6 Å². The molecule has 0 aromatic heterocycles. The van der Waals surface area contributed by atoms with E-state index in [1.165, 1.54) is 0 Å². The van der Waals surface area contributed by atoms with Crippen LogP contribution in [0.4, 0.5) is 5.69 Å². The van der Waals surface area contributed by atoms with E-state index in [-0.39, 0.29) is 5.84 Å². The lowest BCUT2D eigenvalue weighted by Crippen LogP contribution is -2.21. The number of amidine groups is 1. The van der Waals surface area contributed by atoms with Crippen LogP contribution in [-0.2, 0) is 11.2 Å². The lowest BCUT2D eigenvalue weighted by molar-refractivity contribution is -0.138. The summed E-state index contributed by atoms with van der Waals surface area (Å²) < 4.78 is 5.93. The minimum atomic E-state index is -1.00. The van der Waals surface area contributed by atoms with Gasteiger partial charge in [-0.1, -0.05) is 31.2 Å². The molecule has 6 heteroatoms. The Bertz CT molecular complexity index is 1000. The molecule has 0 saturated carbocycles. The van der Waals surface area contributed by atoms with Gasteiger partial charge in [-0.25, -0.2) is 4.79 Å². The van der Waals surface area contributed by atoms with Crippen molar-refractivity contribution in [2.45, 2.75) is 19.4 Å². The van der Waals surface area contributed by atoms with E-state index in [9.17, 15) is 9.90 Å². The third-order valence-electron chi connectivity index (χ3n) is 4.46. The molecule has 3 aromatic rings. The number of aryl methyl sites for hydroxylation is 1. The van der Waals surface area contributed by atoms with Crippen LogP contribution in [0.2, 0.25) is 0 Å². The molecule has 0 bridgehead atoms. The van der Waals surface area contributed by atoms with Crippen LogP contribution in [0.5, 0.6) is 11.5 Å². The first-order valence-corrected chi connectivity index (χ1v) is 9.27. The Morgan fingerprint density at radius 1 is 1.07 bits per heavy atom. The Balaban J connectivity index is 1.90. The average molecular weight is 389 g/mol. The Morgan fingerprint density at radius 2 is 1.76 bits per heavy atom. The number of carboxylic acids is 1. The average Bonchev–Trinajstić information content (AvgIpc) is 2.72. The number of nitrogens with one attached hydrogen (secondary N) is 2. The van der Waals surface area contributed by atoms with Gasteiger partial charge in [0, 0.05) is 11.3 Å². The first-order valence-electron chi connectivity index (χ1n) is 9.27. The van der Waals surface area contributed by atoms with Crippen LogP contribution in [0.3, 0.4) is 0 Å². The molecule has 0 aliphatic carbocycles. The number of carboxylic acid groups (broad SMARTS) is 1. The first-order chi connectivity index (χ1) is 14.0. The lowest BCUT2D eigenvalue weighted by atomic mass is 10.0. The number of carbonyl (C=O) groups is 1. The highest BCUT2D eigenvalue weighted by molar-refractivity contribution is 5.95. The number of anilines is 1. The molecule has 3 rings (SSSR count). The number of nitrogens with two attached hydrogens (primary N) is 1. The van der Waals surface area contributed by atoms with E-state index in [1.807, 2.05) is 49.4 Å². The molecule has 6 nitrogen and oxygen atoms in total. The summed E-state index contributed by atoms with van der Waals surface area (Å²) in [6.07, 6.45) is 0.749. The van der Waals surface area contributed by atoms with E-state index in [4.69, 9.17) is 15.9 Å². The van der Waals surface area contributed by atoms with Gasteiger partial charge in [0.25, 0.3) is 0 Å². The number of nitrogen functional groups attached to an aromatic ring is 1. The van der Waals surface area contributed by atoms with Crippen LogP contribution < -0.4 is 15.8 Å². The summed E-state index contributed by atoms with van der Waals surface area (Å²) in [7, 11) is 0. The molecule has 0 fully saturated rings. The van der Waals surface area contributed by atoms with Crippen molar-refractivity contribution in [1.82, 2.24) is 0 Å². The number of para-hydroxylation sites is 1. The van der Waals surface area contributed by atoms with Gasteiger partial charge in [0.05, 0.1) is 0 Å². The van der Waals surface area contributed by atoms with Crippen LogP contribution in [0.25, 0.3) is 0 Å². The summed E-state index contributed by atoms with van der Waals surface area (Å²) in [6, 6.07) is 20.7. The predicted octanol–water partition coefficient (Wildman–Crippen LogP) is 4.56. The minimum absolute atomic E-state index is 0.0373. The molecule has 0 radical (unpaired) electrons. The van der Waals surface area contributed by atoms with Crippen molar-refractivity contribution in [3.05, 3.63) is 89.5 Å². The maximum absolute atomic E-state index is 12.0. The van der Waals surface area contributed by atoms with Gasteiger partial charge in [0.15, 0.2) is 6.04 Å². The summed E-state index contributed by atoms with van der Waals surface area (Å²) in [6.45, 7) is 2.01. The summed E-state index contributed by atoms with van der Waals surface area (Å²) in [5.74, 6) is 0.237. The number of hydrogen-bond donors (Lipinski definition) is 4. The van der Waals surface area contributed by atoms with Gasteiger partial charge in [0.2, 0.25) is 0 Å². The smallest absolute Gasteiger partial charge is 0.330 e. The fourth-order valence-corrected chi connectivity index (χ4v) is 2.94. The second-order valence-corrected chi connectivity index (χ2v) is 6.59. The second-order valence-electron chi connectivity index (χ2n) is 6.59. The molecule has 0 amide bonds. The fraction of sp³-hybridized carbons (Fsp3) is 0.130. The maximum Gasteiger partial charge on any atom is 0.330 e. The molecule has 5 N–H and O–H groups in total. The second kappa shape index (κ2) is 8.93. The molecule has 0 heterocycles. The van der Waals surface area contributed by atoms with E-state index >= 15 is 0 Å². The SMILES string of the molecule is CCc1cc(Oc2ccccc2)cc(C(Nc2ccc(C(=N)N)cc2)C(=O)O)c1. The molecule has 1 atom stereocenters. The number of rotatable bonds is 8. The Hall–Kier alpha value is -3.80. The number of hydrogen-bond acceptors (Lipinski definition) is 4. The third-order valence-corrected chi connectivity index (χ3v) is 4.46. The van der Waals surface area contributed by atoms with Crippen molar-refractivity contribution >= 4 is 17.5 Å². The quantitative estimate of drug-likeness (QED) is 0.333. The van der Waals surface area contributed by atoms with Crippen LogP contribution in [-0.4, -0.2) is 16.9 Å². The highest BCUT2D eigenvalue weighted by Crippen LogP contribution is 2.29. The molecular weight excluding hydrogens is 366 g/mol. The normalized spacial score (nSPS) is 11.5. The van der Waals surface area contributed by atoms with E-state index in [2.05, 4.69) is 5.32 Å². The van der Waals surface area contributed by atoms with Gasteiger partial charge in [-0.15, -0.1) is 0 Å². The molecule has 29 heavy (non-hydrogen) atoms. The maximum atomic E-state index is 12.0. The monoisotopic (exact) mass is 389 g/mol. The molecule has 148 valence electrons. The molecule has 0 aliphatic rings. The standard InChI is InChI=1S/C23H23N3O3/c1-2-15-12-17(14-20(13-15)29-19-6-4-3-5-7-19)21(23(27)28)26-18-10-8-16(9-11-18)22(24)25/h3-14,21,26H,2H2,1H3,(H3,24,25)(H,27,28). The van der Waals surface area contributed by atoms with Gasteiger partial charge in [-0.2, -0.15) is 0 Å². The highest BCUT2D eigenvalue weighted by atomic mass is 16.5. The zero-order valence-corrected chi connectivity index (χ0v) is 16.1. The number of benzene rings is 3. The van der Waals surface area contributed by atoms with Crippen molar-refractivity contribution in [1.29, 1.82) is 5.41 Å². The molecule has 0 spiro atoms. The molecule has 1 unspecified atom stereocenters. The first kappa shape index (κ1) is 19.9. The molecular formula is C23H23N3O3. The number of aliphatic carboxylic acids is 1. The minimum Gasteiger partial charge on any atom is -0.479 e. The van der Waals surface area contributed by atoms with Crippen molar-refractivity contribution in [3.63, 3.8) is 0 Å². The highest BCUT2D eigenvalue weighted by Gasteiger charge is 2.21. The van der Waals surface area contributed by atoms with Crippen LogP contribution >= 0.6 is 0 Å². The van der Waals surface area contributed by atoms with Crippen molar-refractivity contribution in [2.75, 3.05) is 5.32 Å². The molecule has 0 saturated heterocycles. The van der Waals surface area contributed by atoms with E-state index in [0.29, 0.717) is 28.3 Å². The summed E-state index contributed by atoms with van der Waals surface area (Å²) in [5.41, 5.74) is 8.24. The molecule has 3 aromatic carbocycles. The number of ether oxygens (including phenoxy) is 1.